The molecule has 0 aliphatic carbocycles. The van der Waals surface area contributed by atoms with Crippen LogP contribution in [-0.4, -0.2) is 37.6 Å². The number of carbonyl (C=O) groups is 1. The molecule has 0 aliphatic rings. The van der Waals surface area contributed by atoms with Crippen molar-refractivity contribution in [1.29, 1.82) is 0 Å². The summed E-state index contributed by atoms with van der Waals surface area (Å²) in [7, 11) is 0. The Kier molecular flexibility index (Phi) is 5.74. The molecule has 0 saturated carbocycles. The number of nitrogens with zero attached hydrogens (tertiary/aromatic N) is 4. The number of pyridine rings is 1. The van der Waals surface area contributed by atoms with Gasteiger partial charge < -0.3 is 9.30 Å². The van der Waals surface area contributed by atoms with Gasteiger partial charge in [0.2, 0.25) is 0 Å². The van der Waals surface area contributed by atoms with Crippen LogP contribution in [0.5, 0.6) is 0 Å². The average Bonchev–Trinajstić information content (AvgIpc) is 2.93. The van der Waals surface area contributed by atoms with E-state index in [0.29, 0.717) is 11.8 Å². The largest absolute Gasteiger partial charge is 0.465 e. The van der Waals surface area contributed by atoms with E-state index in [1.807, 2.05) is 22.8 Å². The molecule has 0 N–H and O–H groups in total. The molecule has 2 aromatic rings. The van der Waals surface area contributed by atoms with E-state index in [4.69, 9.17) is 4.74 Å². The van der Waals surface area contributed by atoms with E-state index >= 15 is 0 Å². The molecule has 7 heteroatoms. The Hall–Kier alpha value is -1.89. The minimum atomic E-state index is -0.303. The summed E-state index contributed by atoms with van der Waals surface area (Å²) in [6.07, 6.45) is 4.24. The smallest absolute Gasteiger partial charge is 0.319 e. The fourth-order valence-corrected chi connectivity index (χ4v) is 2.58. The molecule has 2 rings (SSSR count). The van der Waals surface area contributed by atoms with Crippen molar-refractivity contribution in [3.8, 4) is 0 Å². The van der Waals surface area contributed by atoms with Crippen LogP contribution in [0, 0.1) is 0 Å². The predicted molar refractivity (Wildman–Crippen MR) is 79.9 cm³/mol. The molecule has 2 aromatic heterocycles. The van der Waals surface area contributed by atoms with E-state index in [-0.39, 0.29) is 11.2 Å². The van der Waals surface area contributed by atoms with Gasteiger partial charge in [0.25, 0.3) is 0 Å². The predicted octanol–water partition coefficient (Wildman–Crippen LogP) is 1.96. The summed E-state index contributed by atoms with van der Waals surface area (Å²) < 4.78 is 6.92. The average molecular weight is 306 g/mol. The summed E-state index contributed by atoms with van der Waals surface area (Å²) in [5, 5.41) is 8.38. The summed E-state index contributed by atoms with van der Waals surface area (Å²) in [4.78, 5) is 15.9. The van der Waals surface area contributed by atoms with E-state index in [1.165, 1.54) is 11.8 Å². The Bertz CT molecular complexity index is 573. The number of thioether (sulfide) groups is 1. The number of carbonyl (C=O) groups excluding carboxylic acids is 1. The third kappa shape index (κ3) is 4.56. The first-order chi connectivity index (χ1) is 10.2. The standard InChI is InChI=1S/C14H18N4O2S/c1-3-20-13(19)11(2)21-14-17-16-10-18(14)9-7-12-6-4-5-8-15-12/h4-6,8,10-11H,3,7,9H2,1-2H3. The second-order valence-electron chi connectivity index (χ2n) is 4.39. The van der Waals surface area contributed by atoms with Crippen molar-refractivity contribution in [2.75, 3.05) is 6.61 Å². The first-order valence-electron chi connectivity index (χ1n) is 6.81. The highest BCUT2D eigenvalue weighted by Gasteiger charge is 2.18. The van der Waals surface area contributed by atoms with Gasteiger partial charge in [-0.25, -0.2) is 0 Å². The number of ether oxygens (including phenoxy) is 1. The van der Waals surface area contributed by atoms with Gasteiger partial charge in [-0.1, -0.05) is 17.8 Å². The Morgan fingerprint density at radius 3 is 3.05 bits per heavy atom. The monoisotopic (exact) mass is 306 g/mol. The maximum Gasteiger partial charge on any atom is 0.319 e. The lowest BCUT2D eigenvalue weighted by Crippen LogP contribution is -2.17. The summed E-state index contributed by atoms with van der Waals surface area (Å²) >= 11 is 1.35. The lowest BCUT2D eigenvalue weighted by atomic mass is 10.3. The molecule has 0 radical (unpaired) electrons. The molecule has 21 heavy (non-hydrogen) atoms. The van der Waals surface area contributed by atoms with E-state index in [0.717, 1.165) is 18.7 Å². The van der Waals surface area contributed by atoms with Crippen molar-refractivity contribution < 1.29 is 9.53 Å². The maximum atomic E-state index is 11.6. The van der Waals surface area contributed by atoms with Crippen LogP contribution in [-0.2, 0) is 22.5 Å². The fourth-order valence-electron chi connectivity index (χ4n) is 1.74. The topological polar surface area (TPSA) is 69.9 Å². The minimum absolute atomic E-state index is 0.234. The van der Waals surface area contributed by atoms with Crippen molar-refractivity contribution >= 4 is 17.7 Å². The second kappa shape index (κ2) is 7.78. The summed E-state index contributed by atoms with van der Waals surface area (Å²) in [6, 6.07) is 5.84. The first kappa shape index (κ1) is 15.5. The number of rotatable bonds is 7. The van der Waals surface area contributed by atoms with Crippen LogP contribution in [0.2, 0.25) is 0 Å². The summed E-state index contributed by atoms with van der Waals surface area (Å²) in [5.41, 5.74) is 1.01. The molecule has 0 aromatic carbocycles. The van der Waals surface area contributed by atoms with Crippen molar-refractivity contribution in [2.45, 2.75) is 37.2 Å². The van der Waals surface area contributed by atoms with Crippen LogP contribution >= 0.6 is 11.8 Å². The SMILES string of the molecule is CCOC(=O)C(C)Sc1nncn1CCc1ccccn1. The highest BCUT2D eigenvalue weighted by atomic mass is 32.2. The number of hydrogen-bond donors (Lipinski definition) is 0. The lowest BCUT2D eigenvalue weighted by molar-refractivity contribution is -0.142. The normalized spacial score (nSPS) is 12.1. The van der Waals surface area contributed by atoms with Gasteiger partial charge in [0.1, 0.15) is 11.6 Å². The van der Waals surface area contributed by atoms with Gasteiger partial charge in [-0.2, -0.15) is 0 Å². The first-order valence-corrected chi connectivity index (χ1v) is 7.69. The fraction of sp³-hybridized carbons (Fsp3) is 0.429. The number of hydrogen-bond acceptors (Lipinski definition) is 6. The Balaban J connectivity index is 1.94. The Morgan fingerprint density at radius 2 is 2.33 bits per heavy atom. The number of esters is 1. The molecule has 0 amide bonds. The minimum Gasteiger partial charge on any atom is -0.465 e. The third-order valence-electron chi connectivity index (χ3n) is 2.82. The van der Waals surface area contributed by atoms with Crippen molar-refractivity contribution in [2.24, 2.45) is 0 Å². The van der Waals surface area contributed by atoms with Crippen LogP contribution in [0.3, 0.4) is 0 Å². The van der Waals surface area contributed by atoms with Gasteiger partial charge in [0.15, 0.2) is 5.16 Å². The molecule has 112 valence electrons. The Labute approximate surface area is 127 Å². The van der Waals surface area contributed by atoms with Gasteiger partial charge in [-0.3, -0.25) is 9.78 Å². The van der Waals surface area contributed by atoms with Gasteiger partial charge in [-0.05, 0) is 26.0 Å². The van der Waals surface area contributed by atoms with Crippen LogP contribution in [0.25, 0.3) is 0 Å². The third-order valence-corrected chi connectivity index (χ3v) is 3.89. The molecule has 0 spiro atoms. The van der Waals surface area contributed by atoms with E-state index < -0.39 is 0 Å². The Morgan fingerprint density at radius 1 is 1.48 bits per heavy atom. The lowest BCUT2D eigenvalue weighted by Gasteiger charge is -2.10. The molecule has 1 atom stereocenters. The highest BCUT2D eigenvalue weighted by molar-refractivity contribution is 8.00. The number of aryl methyl sites for hydroxylation is 2. The second-order valence-corrected chi connectivity index (χ2v) is 5.70. The van der Waals surface area contributed by atoms with Crippen molar-refractivity contribution in [1.82, 2.24) is 19.7 Å². The van der Waals surface area contributed by atoms with Crippen LogP contribution in [0.15, 0.2) is 35.9 Å². The zero-order chi connectivity index (χ0) is 15.1. The number of aromatic nitrogens is 4. The summed E-state index contributed by atoms with van der Waals surface area (Å²) in [6.45, 7) is 4.71. The van der Waals surface area contributed by atoms with E-state index in [1.54, 1.807) is 26.4 Å². The zero-order valence-electron chi connectivity index (χ0n) is 12.1. The molecule has 1 unspecified atom stereocenters. The molecule has 0 bridgehead atoms. The molecular formula is C14H18N4O2S. The van der Waals surface area contributed by atoms with Crippen LogP contribution < -0.4 is 0 Å². The van der Waals surface area contributed by atoms with E-state index in [9.17, 15) is 4.79 Å². The molecule has 0 saturated heterocycles. The molecule has 6 nitrogen and oxygen atoms in total. The van der Waals surface area contributed by atoms with Gasteiger partial charge >= 0.3 is 5.97 Å². The zero-order valence-corrected chi connectivity index (χ0v) is 12.9. The van der Waals surface area contributed by atoms with Gasteiger partial charge in [0, 0.05) is 24.9 Å². The molecule has 0 fully saturated rings. The highest BCUT2D eigenvalue weighted by Crippen LogP contribution is 2.21. The maximum absolute atomic E-state index is 11.6. The van der Waals surface area contributed by atoms with Crippen LogP contribution in [0.1, 0.15) is 19.5 Å². The van der Waals surface area contributed by atoms with Gasteiger partial charge in [-0.15, -0.1) is 10.2 Å². The van der Waals surface area contributed by atoms with Gasteiger partial charge in [0.05, 0.1) is 6.61 Å². The van der Waals surface area contributed by atoms with E-state index in [2.05, 4.69) is 15.2 Å². The van der Waals surface area contributed by atoms with Crippen molar-refractivity contribution in [3.63, 3.8) is 0 Å². The molecule has 2 heterocycles. The van der Waals surface area contributed by atoms with Crippen LogP contribution in [0.4, 0.5) is 0 Å². The van der Waals surface area contributed by atoms with Crippen molar-refractivity contribution in [3.05, 3.63) is 36.4 Å². The molecule has 0 aliphatic heterocycles. The quantitative estimate of drug-likeness (QED) is 0.575. The summed E-state index contributed by atoms with van der Waals surface area (Å²) in [5.74, 6) is -0.234. The molecular weight excluding hydrogens is 288 g/mol.